The number of rotatable bonds is 12. The number of ether oxygens (including phenoxy) is 3. The largest absolute Gasteiger partial charge is 0.609 e. The normalized spacial score (nSPS) is 13.2. The highest BCUT2D eigenvalue weighted by molar-refractivity contribution is 7.90. The number of aromatic amines is 2. The van der Waals surface area contributed by atoms with E-state index < -0.39 is 35.1 Å². The molecule has 6 rings (SSSR count). The number of aromatic nitrogens is 6. The van der Waals surface area contributed by atoms with Gasteiger partial charge in [0.05, 0.1) is 35.0 Å². The molecule has 2 atom stereocenters. The monoisotopic (exact) mass is 712 g/mol. The molecule has 6 aromatic rings. The van der Waals surface area contributed by atoms with Crippen molar-refractivity contribution in [3.05, 3.63) is 88.5 Å². The van der Waals surface area contributed by atoms with Crippen molar-refractivity contribution in [2.24, 2.45) is 0 Å². The number of aryl methyl sites for hydroxylation is 1. The number of hydrogen-bond acceptors (Lipinski definition) is 9. The molecular weight excluding hydrogens is 682 g/mol. The molecular formula is C33H31F3N6O5S2. The third kappa shape index (κ3) is 7.72. The average Bonchev–Trinajstić information content (AvgIpc) is 3.70. The maximum atomic E-state index is 13.3. The number of halogens is 3. The van der Waals surface area contributed by atoms with Gasteiger partial charge < -0.3 is 23.3 Å². The third-order valence-electron chi connectivity index (χ3n) is 7.74. The molecule has 2 unspecified atom stereocenters. The maximum Gasteiger partial charge on any atom is 0.422 e. The second kappa shape index (κ2) is 14.2. The van der Waals surface area contributed by atoms with Gasteiger partial charge in [-0.25, -0.2) is 0 Å². The molecule has 0 saturated carbocycles. The summed E-state index contributed by atoms with van der Waals surface area (Å²) in [6.45, 7) is 4.10. The fourth-order valence-electron chi connectivity index (χ4n) is 5.22. The molecule has 11 nitrogen and oxygen atoms in total. The fraction of sp³-hybridized carbons (Fsp3) is 0.273. The van der Waals surface area contributed by atoms with Gasteiger partial charge in [0.2, 0.25) is 0 Å². The summed E-state index contributed by atoms with van der Waals surface area (Å²) in [6.07, 6.45) is -1.46. The van der Waals surface area contributed by atoms with Crippen molar-refractivity contribution in [1.82, 2.24) is 29.9 Å². The van der Waals surface area contributed by atoms with Gasteiger partial charge in [-0.2, -0.15) is 23.1 Å². The minimum atomic E-state index is -4.48. The minimum absolute atomic E-state index is 0.0271. The number of hydrogen-bond donors (Lipinski definition) is 2. The van der Waals surface area contributed by atoms with Crippen LogP contribution in [0.15, 0.2) is 65.2 Å². The van der Waals surface area contributed by atoms with Crippen molar-refractivity contribution in [3.63, 3.8) is 0 Å². The van der Waals surface area contributed by atoms with Crippen molar-refractivity contribution >= 4 is 44.4 Å². The molecule has 4 aromatic heterocycles. The van der Waals surface area contributed by atoms with Crippen LogP contribution in [0.3, 0.4) is 0 Å². The Morgan fingerprint density at radius 2 is 1.53 bits per heavy atom. The number of para-hydroxylation sites is 1. The van der Waals surface area contributed by atoms with Crippen LogP contribution in [0.2, 0.25) is 0 Å². The first-order valence-electron chi connectivity index (χ1n) is 14.9. The number of nitrogens with one attached hydrogen (secondary N) is 2. The number of benzene rings is 2. The van der Waals surface area contributed by atoms with E-state index in [0.717, 1.165) is 22.4 Å². The second-order valence-electron chi connectivity index (χ2n) is 11.2. The fourth-order valence-corrected chi connectivity index (χ4v) is 7.41. The maximum absolute atomic E-state index is 13.3. The summed E-state index contributed by atoms with van der Waals surface area (Å²) in [4.78, 5) is 23.9. The third-order valence-corrected chi connectivity index (χ3v) is 10.1. The van der Waals surface area contributed by atoms with E-state index in [1.807, 2.05) is 32.0 Å². The topological polar surface area (TPSA) is 157 Å². The molecule has 0 spiro atoms. The van der Waals surface area contributed by atoms with Crippen LogP contribution in [0.25, 0.3) is 22.1 Å². The molecule has 2 N–H and O–H groups in total. The molecule has 0 saturated heterocycles. The van der Waals surface area contributed by atoms with Gasteiger partial charge in [-0.15, -0.1) is 0 Å². The standard InChI is InChI=1S/C33H31F3N6O5S2/c1-18-13-38-26(20(3)30(18)45-4)16-49(44)32-40-23-6-5-7-28(29(23)42-32)46-14-21-8-9-22-24(12-21)41-31(39-22)48(43)15-25-19(2)27(10-11-37-25)47-17-33(34,35)36/h5-13H,14-17H2,1-4H3,(H,39,41)(H,40,42). The van der Waals surface area contributed by atoms with Crippen LogP contribution < -0.4 is 14.2 Å². The summed E-state index contributed by atoms with van der Waals surface area (Å²) in [5, 5.41) is 0.503. The SMILES string of the molecule is COc1c(C)cnc(C[S+]([O-])c2nc3c(OCc4ccc5[nH]c([S+]([O-])Cc6nccc(OCC(F)(F)F)c6C)nc5c4)cccc3[nH]2)c1C. The molecule has 0 amide bonds. The smallest absolute Gasteiger partial charge is 0.422 e. The number of methoxy groups -OCH3 is 1. The van der Waals surface area contributed by atoms with Crippen LogP contribution in [-0.4, -0.2) is 58.9 Å². The molecule has 2 aromatic carbocycles. The van der Waals surface area contributed by atoms with Crippen LogP contribution >= 0.6 is 0 Å². The zero-order chi connectivity index (χ0) is 34.9. The summed E-state index contributed by atoms with van der Waals surface area (Å²) in [5.74, 6) is 1.33. The minimum Gasteiger partial charge on any atom is -0.609 e. The van der Waals surface area contributed by atoms with E-state index in [0.29, 0.717) is 49.9 Å². The van der Waals surface area contributed by atoms with Gasteiger partial charge >= 0.3 is 16.5 Å². The predicted octanol–water partition coefficient (Wildman–Crippen LogP) is 6.30. The zero-order valence-corrected chi connectivity index (χ0v) is 28.4. The van der Waals surface area contributed by atoms with Crippen molar-refractivity contribution in [2.75, 3.05) is 13.7 Å². The number of imidazole rings is 2. The molecule has 0 fully saturated rings. The lowest BCUT2D eigenvalue weighted by atomic mass is 10.1. The lowest BCUT2D eigenvalue weighted by molar-refractivity contribution is -0.153. The van der Waals surface area contributed by atoms with Gasteiger partial charge in [-0.1, -0.05) is 12.1 Å². The van der Waals surface area contributed by atoms with Gasteiger partial charge in [-0.05, 0) is 56.7 Å². The van der Waals surface area contributed by atoms with Crippen LogP contribution in [0.1, 0.15) is 33.6 Å². The van der Waals surface area contributed by atoms with Gasteiger partial charge in [0.15, 0.2) is 18.1 Å². The van der Waals surface area contributed by atoms with Gasteiger partial charge in [-0.3, -0.25) is 19.9 Å². The number of fused-ring (bicyclic) bond motifs is 2. The van der Waals surface area contributed by atoms with Gasteiger partial charge in [0.25, 0.3) is 0 Å². The zero-order valence-electron chi connectivity index (χ0n) is 26.8. The van der Waals surface area contributed by atoms with Crippen molar-refractivity contribution in [3.8, 4) is 17.2 Å². The van der Waals surface area contributed by atoms with Crippen molar-refractivity contribution in [2.45, 2.75) is 55.4 Å². The van der Waals surface area contributed by atoms with Crippen LogP contribution in [0, 0.1) is 20.8 Å². The van der Waals surface area contributed by atoms with Gasteiger partial charge in [0, 0.05) is 51.4 Å². The molecule has 0 aliphatic heterocycles. The average molecular weight is 713 g/mol. The first kappa shape index (κ1) is 34.4. The quantitative estimate of drug-likeness (QED) is 0.139. The number of H-pyrrole nitrogens is 2. The molecule has 4 heterocycles. The van der Waals surface area contributed by atoms with E-state index in [-0.39, 0.29) is 29.0 Å². The van der Waals surface area contributed by atoms with Gasteiger partial charge in [0.1, 0.15) is 29.4 Å². The summed E-state index contributed by atoms with van der Waals surface area (Å²) < 4.78 is 80.9. The first-order valence-corrected chi connectivity index (χ1v) is 17.5. The summed E-state index contributed by atoms with van der Waals surface area (Å²) >= 11 is -3.17. The van der Waals surface area contributed by atoms with Crippen molar-refractivity contribution in [1.29, 1.82) is 0 Å². The Morgan fingerprint density at radius 3 is 2.27 bits per heavy atom. The highest BCUT2D eigenvalue weighted by Gasteiger charge is 2.29. The van der Waals surface area contributed by atoms with E-state index in [2.05, 4.69) is 29.9 Å². The van der Waals surface area contributed by atoms with Crippen LogP contribution in [-0.2, 0) is 40.5 Å². The molecule has 0 radical (unpaired) electrons. The molecule has 256 valence electrons. The Balaban J connectivity index is 1.13. The van der Waals surface area contributed by atoms with Crippen molar-refractivity contribution < 1.29 is 36.5 Å². The summed E-state index contributed by atoms with van der Waals surface area (Å²) in [6, 6.07) is 12.2. The molecule has 0 aliphatic carbocycles. The van der Waals surface area contributed by atoms with E-state index >= 15 is 0 Å². The van der Waals surface area contributed by atoms with E-state index in [9.17, 15) is 22.3 Å². The Labute approximate surface area is 285 Å². The lowest BCUT2D eigenvalue weighted by Gasteiger charge is -2.14. The second-order valence-corrected chi connectivity index (χ2v) is 13.9. The van der Waals surface area contributed by atoms with Crippen LogP contribution in [0.4, 0.5) is 13.2 Å². The number of pyridine rings is 2. The summed E-state index contributed by atoms with van der Waals surface area (Å²) in [5.41, 5.74) is 6.31. The summed E-state index contributed by atoms with van der Waals surface area (Å²) in [7, 11) is 1.60. The molecule has 16 heteroatoms. The Morgan fingerprint density at radius 1 is 0.816 bits per heavy atom. The van der Waals surface area contributed by atoms with E-state index in [1.54, 1.807) is 38.4 Å². The molecule has 49 heavy (non-hydrogen) atoms. The highest BCUT2D eigenvalue weighted by atomic mass is 32.2. The lowest BCUT2D eigenvalue weighted by Crippen LogP contribution is -2.20. The number of alkyl halides is 3. The predicted molar refractivity (Wildman–Crippen MR) is 178 cm³/mol. The molecule has 0 aliphatic rings. The van der Waals surface area contributed by atoms with E-state index in [4.69, 9.17) is 14.2 Å². The highest BCUT2D eigenvalue weighted by Crippen LogP contribution is 2.30. The number of nitrogens with zero attached hydrogens (tertiary/aromatic N) is 4. The first-order chi connectivity index (χ1) is 23.4. The molecule has 0 bridgehead atoms. The Bertz CT molecular complexity index is 2120. The van der Waals surface area contributed by atoms with E-state index in [1.165, 1.54) is 12.3 Å². The Hall–Kier alpha value is -4.51. The van der Waals surface area contributed by atoms with Crippen LogP contribution in [0.5, 0.6) is 17.2 Å². The Kier molecular flexibility index (Phi) is 9.92.